The molecule has 5 heteroatoms. The van der Waals surface area contributed by atoms with Crippen LogP contribution in [0.5, 0.6) is 0 Å². The molecule has 1 saturated carbocycles. The SMILES string of the molecule is C=C(NC(C(=O)N(C)C(C)C)C(C)(C)C)N[C@@H]1CCCC[C@H]1N(C(C)C)C(C)C. The maximum absolute atomic E-state index is 13.1. The molecule has 0 bridgehead atoms. The fraction of sp³-hybridized carbons (Fsp3) is 0.875. The second-order valence-electron chi connectivity index (χ2n) is 10.7. The van der Waals surface area contributed by atoms with Gasteiger partial charge in [0.2, 0.25) is 5.91 Å². The van der Waals surface area contributed by atoms with Crippen LogP contribution in [0.4, 0.5) is 0 Å². The van der Waals surface area contributed by atoms with E-state index in [-0.39, 0.29) is 23.4 Å². The monoisotopic (exact) mass is 408 g/mol. The van der Waals surface area contributed by atoms with Crippen molar-refractivity contribution in [2.45, 2.75) is 124 Å². The Morgan fingerprint density at radius 1 is 0.966 bits per heavy atom. The molecule has 0 aromatic rings. The molecule has 3 atom stereocenters. The first-order chi connectivity index (χ1) is 13.3. The van der Waals surface area contributed by atoms with Crippen molar-refractivity contribution in [3.05, 3.63) is 12.4 Å². The number of amides is 1. The molecule has 1 aliphatic rings. The Balaban J connectivity index is 2.94. The molecule has 0 saturated heterocycles. The smallest absolute Gasteiger partial charge is 0.245 e. The number of likely N-dealkylation sites (N-methyl/N-ethyl adjacent to an activating group) is 1. The third kappa shape index (κ3) is 7.20. The van der Waals surface area contributed by atoms with Gasteiger partial charge < -0.3 is 15.5 Å². The number of hydrogen-bond donors (Lipinski definition) is 2. The molecule has 29 heavy (non-hydrogen) atoms. The minimum Gasteiger partial charge on any atom is -0.368 e. The largest absolute Gasteiger partial charge is 0.368 e. The first-order valence-corrected chi connectivity index (χ1v) is 11.5. The van der Waals surface area contributed by atoms with Crippen molar-refractivity contribution < 1.29 is 4.79 Å². The average Bonchev–Trinajstić information content (AvgIpc) is 2.58. The zero-order chi connectivity index (χ0) is 22.5. The predicted octanol–water partition coefficient (Wildman–Crippen LogP) is 4.35. The second-order valence-corrected chi connectivity index (χ2v) is 10.7. The molecule has 0 aliphatic heterocycles. The van der Waals surface area contributed by atoms with Crippen molar-refractivity contribution in [2.75, 3.05) is 7.05 Å². The summed E-state index contributed by atoms with van der Waals surface area (Å²) in [6.07, 6.45) is 4.87. The summed E-state index contributed by atoms with van der Waals surface area (Å²) in [5, 5.41) is 7.11. The first-order valence-electron chi connectivity index (χ1n) is 11.5. The topological polar surface area (TPSA) is 47.6 Å². The number of rotatable bonds is 9. The molecule has 0 heterocycles. The van der Waals surface area contributed by atoms with Gasteiger partial charge in [0.05, 0.1) is 5.82 Å². The van der Waals surface area contributed by atoms with Crippen LogP contribution in [0.15, 0.2) is 12.4 Å². The van der Waals surface area contributed by atoms with E-state index in [1.54, 1.807) is 0 Å². The summed E-state index contributed by atoms with van der Waals surface area (Å²) in [7, 11) is 1.88. The summed E-state index contributed by atoms with van der Waals surface area (Å²) >= 11 is 0. The molecule has 1 fully saturated rings. The van der Waals surface area contributed by atoms with Crippen LogP contribution in [0, 0.1) is 5.41 Å². The molecule has 0 aromatic heterocycles. The lowest BCUT2D eigenvalue weighted by molar-refractivity contribution is -0.136. The summed E-state index contributed by atoms with van der Waals surface area (Å²) < 4.78 is 0. The standard InChI is InChI=1S/C24H48N4O/c1-16(2)27(11)23(29)22(24(8,9)10)26-19(7)25-20-14-12-13-15-21(20)28(17(3)4)18(5)6/h16-18,20-22,25-26H,7,12-15H2,1-6,8-11H3/t20-,21-,22?/m1/s1. The fourth-order valence-electron chi connectivity index (χ4n) is 4.55. The van der Waals surface area contributed by atoms with E-state index >= 15 is 0 Å². The Morgan fingerprint density at radius 3 is 1.93 bits per heavy atom. The highest BCUT2D eigenvalue weighted by molar-refractivity contribution is 5.83. The number of nitrogens with zero attached hydrogens (tertiary/aromatic N) is 2. The van der Waals surface area contributed by atoms with E-state index in [2.05, 4.69) is 70.6 Å². The van der Waals surface area contributed by atoms with Crippen LogP contribution >= 0.6 is 0 Å². The van der Waals surface area contributed by atoms with E-state index < -0.39 is 0 Å². The molecule has 0 radical (unpaired) electrons. The Hall–Kier alpha value is -1.23. The Morgan fingerprint density at radius 2 is 1.48 bits per heavy atom. The number of nitrogens with one attached hydrogen (secondary N) is 2. The molecule has 1 rings (SSSR count). The molecule has 2 N–H and O–H groups in total. The van der Waals surface area contributed by atoms with Gasteiger partial charge in [-0.25, -0.2) is 0 Å². The summed E-state index contributed by atoms with van der Waals surface area (Å²) in [5.41, 5.74) is -0.210. The first kappa shape index (κ1) is 25.8. The molecular formula is C24H48N4O. The van der Waals surface area contributed by atoms with Gasteiger partial charge in [-0.15, -0.1) is 0 Å². The summed E-state index contributed by atoms with van der Waals surface area (Å²) in [6.45, 7) is 23.8. The molecular weight excluding hydrogens is 360 g/mol. The molecule has 5 nitrogen and oxygen atoms in total. The third-order valence-electron chi connectivity index (χ3n) is 6.22. The zero-order valence-electron chi connectivity index (χ0n) is 20.8. The van der Waals surface area contributed by atoms with E-state index in [1.807, 2.05) is 25.8 Å². The minimum absolute atomic E-state index is 0.113. The van der Waals surface area contributed by atoms with Gasteiger partial charge in [-0.3, -0.25) is 9.69 Å². The number of carbonyl (C=O) groups is 1. The van der Waals surface area contributed by atoms with Gasteiger partial charge in [0, 0.05) is 37.3 Å². The van der Waals surface area contributed by atoms with Crippen molar-refractivity contribution in [1.29, 1.82) is 0 Å². The molecule has 1 amide bonds. The van der Waals surface area contributed by atoms with Gasteiger partial charge in [0.15, 0.2) is 0 Å². The number of hydrogen-bond acceptors (Lipinski definition) is 4. The lowest BCUT2D eigenvalue weighted by atomic mass is 9.85. The highest BCUT2D eigenvalue weighted by Gasteiger charge is 2.36. The highest BCUT2D eigenvalue weighted by Crippen LogP contribution is 2.28. The van der Waals surface area contributed by atoms with Crippen LogP contribution in [-0.4, -0.2) is 59.0 Å². The van der Waals surface area contributed by atoms with Crippen molar-refractivity contribution in [1.82, 2.24) is 20.4 Å². The van der Waals surface area contributed by atoms with Gasteiger partial charge in [-0.2, -0.15) is 0 Å². The van der Waals surface area contributed by atoms with Crippen molar-refractivity contribution in [3.8, 4) is 0 Å². The summed E-state index contributed by atoms with van der Waals surface area (Å²) in [4.78, 5) is 17.5. The van der Waals surface area contributed by atoms with E-state index in [1.165, 1.54) is 19.3 Å². The molecule has 1 aliphatic carbocycles. The molecule has 170 valence electrons. The van der Waals surface area contributed by atoms with Gasteiger partial charge in [0.1, 0.15) is 6.04 Å². The predicted molar refractivity (Wildman–Crippen MR) is 125 cm³/mol. The fourth-order valence-corrected chi connectivity index (χ4v) is 4.55. The van der Waals surface area contributed by atoms with Gasteiger partial charge >= 0.3 is 0 Å². The van der Waals surface area contributed by atoms with Crippen LogP contribution in [0.3, 0.4) is 0 Å². The van der Waals surface area contributed by atoms with Gasteiger partial charge in [-0.1, -0.05) is 40.2 Å². The Kier molecular flexibility index (Phi) is 9.52. The van der Waals surface area contributed by atoms with Crippen LogP contribution < -0.4 is 10.6 Å². The minimum atomic E-state index is -0.316. The molecule has 0 aromatic carbocycles. The highest BCUT2D eigenvalue weighted by atomic mass is 16.2. The maximum Gasteiger partial charge on any atom is 0.245 e. The van der Waals surface area contributed by atoms with E-state index in [0.29, 0.717) is 24.2 Å². The average molecular weight is 409 g/mol. The summed E-state index contributed by atoms with van der Waals surface area (Å²) in [6, 6.07) is 1.71. The zero-order valence-corrected chi connectivity index (χ0v) is 20.8. The molecule has 1 unspecified atom stereocenters. The maximum atomic E-state index is 13.1. The van der Waals surface area contributed by atoms with Crippen LogP contribution in [0.25, 0.3) is 0 Å². The van der Waals surface area contributed by atoms with Crippen LogP contribution in [0.2, 0.25) is 0 Å². The Labute approximate surface area is 180 Å². The van der Waals surface area contributed by atoms with Gasteiger partial charge in [0.25, 0.3) is 0 Å². The second kappa shape index (κ2) is 10.7. The van der Waals surface area contributed by atoms with Crippen LogP contribution in [-0.2, 0) is 4.79 Å². The van der Waals surface area contributed by atoms with E-state index in [0.717, 1.165) is 12.2 Å². The number of carbonyl (C=O) groups excluding carboxylic acids is 1. The normalized spacial score (nSPS) is 21.6. The van der Waals surface area contributed by atoms with E-state index in [4.69, 9.17) is 0 Å². The van der Waals surface area contributed by atoms with E-state index in [9.17, 15) is 4.79 Å². The van der Waals surface area contributed by atoms with Crippen LogP contribution in [0.1, 0.15) is 88.0 Å². The van der Waals surface area contributed by atoms with Crippen molar-refractivity contribution >= 4 is 5.91 Å². The molecule has 0 spiro atoms. The Bertz CT molecular complexity index is 527. The quantitative estimate of drug-likeness (QED) is 0.595. The lowest BCUT2D eigenvalue weighted by Crippen LogP contribution is -2.59. The lowest BCUT2D eigenvalue weighted by Gasteiger charge is -2.45. The van der Waals surface area contributed by atoms with Crippen molar-refractivity contribution in [3.63, 3.8) is 0 Å². The third-order valence-corrected chi connectivity index (χ3v) is 6.22. The van der Waals surface area contributed by atoms with Gasteiger partial charge in [-0.05, 0) is 59.8 Å². The summed E-state index contributed by atoms with van der Waals surface area (Å²) in [5.74, 6) is 0.876. The van der Waals surface area contributed by atoms with Crippen molar-refractivity contribution in [2.24, 2.45) is 5.41 Å².